The molecule has 0 saturated carbocycles. The molecule has 0 spiro atoms. The minimum absolute atomic E-state index is 0.161. The van der Waals surface area contributed by atoms with Crippen molar-refractivity contribution < 1.29 is 9.21 Å². The first-order valence-electron chi connectivity index (χ1n) is 10.6. The summed E-state index contributed by atoms with van der Waals surface area (Å²) in [6, 6.07) is 20.9. The van der Waals surface area contributed by atoms with Crippen molar-refractivity contribution in [2.75, 3.05) is 5.32 Å². The smallest absolute Gasteiger partial charge is 0.349 e. The zero-order chi connectivity index (χ0) is 24.7. The van der Waals surface area contributed by atoms with Crippen LogP contribution in [0.5, 0.6) is 0 Å². The van der Waals surface area contributed by atoms with Crippen LogP contribution in [-0.2, 0) is 6.54 Å². The van der Waals surface area contributed by atoms with Crippen LogP contribution in [0, 0.1) is 21.8 Å². The Balaban J connectivity index is 1.71. The molecule has 5 aromatic rings. The monoisotopic (exact) mass is 575 g/mol. The number of aromatic nitrogens is 2. The molecule has 0 aliphatic rings. The van der Waals surface area contributed by atoms with Crippen LogP contribution in [0.3, 0.4) is 0 Å². The van der Waals surface area contributed by atoms with Crippen LogP contribution in [0.1, 0.15) is 27.0 Å². The number of fused-ring (bicyclic) bond motifs is 2. The number of benzene rings is 3. The second-order valence-corrected chi connectivity index (χ2v) is 9.30. The number of nitriles is 1. The molecule has 2 heterocycles. The van der Waals surface area contributed by atoms with Crippen molar-refractivity contribution in [3.63, 3.8) is 0 Å². The second-order valence-electron chi connectivity index (χ2n) is 8.05. The summed E-state index contributed by atoms with van der Waals surface area (Å²) in [7, 11) is 0. The van der Waals surface area contributed by atoms with E-state index in [-0.39, 0.29) is 5.56 Å². The summed E-state index contributed by atoms with van der Waals surface area (Å²) in [5, 5.41) is 13.0. The Labute approximate surface area is 213 Å². The van der Waals surface area contributed by atoms with Gasteiger partial charge in [-0.25, -0.2) is 9.78 Å². The number of nitrogens with zero attached hydrogens (tertiary/aromatic N) is 3. The van der Waals surface area contributed by atoms with Gasteiger partial charge in [-0.05, 0) is 83.1 Å². The van der Waals surface area contributed by atoms with Gasteiger partial charge < -0.3 is 20.0 Å². The summed E-state index contributed by atoms with van der Waals surface area (Å²) >= 11 is 2.26. The first-order valence-corrected chi connectivity index (χ1v) is 11.7. The summed E-state index contributed by atoms with van der Waals surface area (Å²) < 4.78 is 8.59. The van der Waals surface area contributed by atoms with Crippen LogP contribution in [0.2, 0.25) is 0 Å². The van der Waals surface area contributed by atoms with Crippen LogP contribution in [0.4, 0.5) is 11.6 Å². The van der Waals surface area contributed by atoms with Gasteiger partial charge in [0.05, 0.1) is 29.2 Å². The number of halogens is 1. The molecule has 0 aliphatic heterocycles. The molecule has 9 heteroatoms. The molecule has 5 rings (SSSR count). The third-order valence-electron chi connectivity index (χ3n) is 5.81. The SMILES string of the molecule is Cc1c(C(N)=O)c(=O)oc2cc3c(cc12)nc(Nc1ccc(C#N)cc1)n3Cc1ccc(I)cc1. The lowest BCUT2D eigenvalue weighted by Crippen LogP contribution is -2.22. The van der Waals surface area contributed by atoms with Crippen LogP contribution in [-0.4, -0.2) is 15.5 Å². The number of amides is 1. The van der Waals surface area contributed by atoms with Crippen molar-refractivity contribution in [3.05, 3.63) is 96.9 Å². The summed E-state index contributed by atoms with van der Waals surface area (Å²) in [6.07, 6.45) is 0. The van der Waals surface area contributed by atoms with Crippen molar-refractivity contribution in [1.82, 2.24) is 9.55 Å². The lowest BCUT2D eigenvalue weighted by atomic mass is 10.1. The Bertz CT molecular complexity index is 1710. The van der Waals surface area contributed by atoms with Gasteiger partial charge in [-0.2, -0.15) is 5.26 Å². The molecule has 0 radical (unpaired) electrons. The molecule has 0 saturated heterocycles. The zero-order valence-electron chi connectivity index (χ0n) is 18.5. The Morgan fingerprint density at radius 3 is 2.54 bits per heavy atom. The highest BCUT2D eigenvalue weighted by Crippen LogP contribution is 2.30. The van der Waals surface area contributed by atoms with Gasteiger partial charge in [-0.3, -0.25) is 4.79 Å². The Morgan fingerprint density at radius 2 is 1.89 bits per heavy atom. The van der Waals surface area contributed by atoms with Crippen molar-refractivity contribution in [2.45, 2.75) is 13.5 Å². The number of imidazole rings is 1. The lowest BCUT2D eigenvalue weighted by molar-refractivity contribution is 0.0996. The number of anilines is 2. The van der Waals surface area contributed by atoms with Gasteiger partial charge >= 0.3 is 5.63 Å². The molecule has 172 valence electrons. The predicted molar refractivity (Wildman–Crippen MR) is 142 cm³/mol. The quantitative estimate of drug-likeness (QED) is 0.229. The molecule has 0 bridgehead atoms. The van der Waals surface area contributed by atoms with Crippen LogP contribution < -0.4 is 16.7 Å². The standard InChI is InChI=1S/C26H18IN5O3/c1-14-19-10-20-21(11-22(19)35-25(34)23(14)24(29)33)32(13-16-2-6-17(27)7-3-16)26(31-20)30-18-8-4-15(12-28)5-9-18/h2-11H,13H2,1H3,(H2,29,33)(H,30,31). The maximum Gasteiger partial charge on any atom is 0.349 e. The summed E-state index contributed by atoms with van der Waals surface area (Å²) in [5.74, 6) is -0.251. The fraction of sp³-hybridized carbons (Fsp3) is 0.0769. The van der Waals surface area contributed by atoms with Crippen LogP contribution in [0.25, 0.3) is 22.0 Å². The molecular formula is C26H18IN5O3. The van der Waals surface area contributed by atoms with E-state index in [0.29, 0.717) is 40.1 Å². The van der Waals surface area contributed by atoms with Gasteiger partial charge in [0.25, 0.3) is 5.91 Å². The number of hydrogen-bond donors (Lipinski definition) is 2. The molecule has 3 aromatic carbocycles. The average molecular weight is 575 g/mol. The number of primary amides is 1. The molecule has 0 aliphatic carbocycles. The highest BCUT2D eigenvalue weighted by atomic mass is 127. The number of carbonyl (C=O) groups is 1. The molecule has 8 nitrogen and oxygen atoms in total. The first-order chi connectivity index (χ1) is 16.8. The van der Waals surface area contributed by atoms with E-state index in [1.165, 1.54) is 0 Å². The first kappa shape index (κ1) is 22.6. The third kappa shape index (κ3) is 4.24. The normalized spacial score (nSPS) is 11.0. The van der Waals surface area contributed by atoms with Gasteiger partial charge in [0.1, 0.15) is 11.1 Å². The number of nitrogens with one attached hydrogen (secondary N) is 1. The van der Waals surface area contributed by atoms with Gasteiger partial charge in [-0.15, -0.1) is 0 Å². The fourth-order valence-corrected chi connectivity index (χ4v) is 4.40. The highest BCUT2D eigenvalue weighted by molar-refractivity contribution is 14.1. The molecular weight excluding hydrogens is 557 g/mol. The second kappa shape index (κ2) is 8.88. The van der Waals surface area contributed by atoms with E-state index < -0.39 is 11.5 Å². The van der Waals surface area contributed by atoms with E-state index in [1.807, 2.05) is 41.0 Å². The number of hydrogen-bond acceptors (Lipinski definition) is 6. The van der Waals surface area contributed by atoms with E-state index in [2.05, 4.69) is 34.0 Å². The molecule has 35 heavy (non-hydrogen) atoms. The average Bonchev–Trinajstić information content (AvgIpc) is 3.15. The third-order valence-corrected chi connectivity index (χ3v) is 6.53. The number of aryl methyl sites for hydroxylation is 1. The minimum Gasteiger partial charge on any atom is -0.422 e. The minimum atomic E-state index is -0.828. The Kier molecular flexibility index (Phi) is 5.74. The number of carbonyl (C=O) groups excluding carboxylic acids is 1. The van der Waals surface area contributed by atoms with E-state index in [1.54, 1.807) is 31.2 Å². The van der Waals surface area contributed by atoms with E-state index in [0.717, 1.165) is 20.3 Å². The molecule has 0 unspecified atom stereocenters. The Morgan fingerprint density at radius 1 is 1.17 bits per heavy atom. The van der Waals surface area contributed by atoms with Crippen LogP contribution >= 0.6 is 22.6 Å². The van der Waals surface area contributed by atoms with Crippen LogP contribution in [0.15, 0.2) is 69.9 Å². The van der Waals surface area contributed by atoms with E-state index in [9.17, 15) is 9.59 Å². The van der Waals surface area contributed by atoms with Crippen molar-refractivity contribution in [3.8, 4) is 6.07 Å². The van der Waals surface area contributed by atoms with Crippen molar-refractivity contribution in [2.24, 2.45) is 5.73 Å². The highest BCUT2D eigenvalue weighted by Gasteiger charge is 2.19. The summed E-state index contributed by atoms with van der Waals surface area (Å²) in [5.41, 5.74) is 9.09. The van der Waals surface area contributed by atoms with Gasteiger partial charge in [-0.1, -0.05) is 12.1 Å². The molecule has 0 atom stereocenters. The van der Waals surface area contributed by atoms with E-state index in [4.69, 9.17) is 20.4 Å². The maximum atomic E-state index is 12.4. The van der Waals surface area contributed by atoms with E-state index >= 15 is 0 Å². The van der Waals surface area contributed by atoms with Crippen molar-refractivity contribution in [1.29, 1.82) is 5.26 Å². The summed E-state index contributed by atoms with van der Waals surface area (Å²) in [4.78, 5) is 29.0. The molecule has 0 fully saturated rings. The lowest BCUT2D eigenvalue weighted by Gasteiger charge is -2.12. The largest absolute Gasteiger partial charge is 0.422 e. The number of nitrogens with two attached hydrogens (primary N) is 1. The number of rotatable bonds is 5. The maximum absolute atomic E-state index is 12.4. The predicted octanol–water partition coefficient (Wildman–Crippen LogP) is 4.82. The summed E-state index contributed by atoms with van der Waals surface area (Å²) in [6.45, 7) is 2.18. The topological polar surface area (TPSA) is 127 Å². The van der Waals surface area contributed by atoms with Crippen molar-refractivity contribution >= 4 is 62.1 Å². The zero-order valence-corrected chi connectivity index (χ0v) is 20.7. The molecule has 1 amide bonds. The fourth-order valence-electron chi connectivity index (χ4n) is 4.04. The van der Waals surface area contributed by atoms with Gasteiger partial charge in [0.15, 0.2) is 0 Å². The van der Waals surface area contributed by atoms with Gasteiger partial charge in [0, 0.05) is 20.7 Å². The van der Waals surface area contributed by atoms with Gasteiger partial charge in [0.2, 0.25) is 5.95 Å². The molecule has 3 N–H and O–H groups in total. The Hall–Kier alpha value is -4.17. The molecule has 2 aromatic heterocycles.